The van der Waals surface area contributed by atoms with Gasteiger partial charge in [-0.15, -0.1) is 10.8 Å². The molecule has 0 aliphatic rings. The van der Waals surface area contributed by atoms with Gasteiger partial charge < -0.3 is 0 Å². The summed E-state index contributed by atoms with van der Waals surface area (Å²) in [6, 6.07) is 35.5. The van der Waals surface area contributed by atoms with Crippen molar-refractivity contribution < 1.29 is 32.7 Å². The molecule has 0 amide bonds. The van der Waals surface area contributed by atoms with Crippen LogP contribution in [0.15, 0.2) is 91.0 Å². The minimum Gasteiger partial charge on any atom is -0.183 e. The SMILES string of the molecule is CC.[Y].[c-]1ccc2c(c1)c1ccccc1c1cc(-c3ccccc3)ccc21. The van der Waals surface area contributed by atoms with Gasteiger partial charge in [-0.3, -0.25) is 0 Å². The number of hydrogen-bond acceptors (Lipinski definition) is 0. The topological polar surface area (TPSA) is 0 Å². The van der Waals surface area contributed by atoms with Gasteiger partial charge in [0, 0.05) is 32.7 Å². The van der Waals surface area contributed by atoms with Gasteiger partial charge in [-0.2, -0.15) is 24.3 Å². The predicted molar refractivity (Wildman–Crippen MR) is 115 cm³/mol. The molecule has 1 heteroatoms. The fourth-order valence-corrected chi connectivity index (χ4v) is 3.65. The Bertz CT molecular complexity index is 1160. The van der Waals surface area contributed by atoms with Crippen molar-refractivity contribution in [3.8, 4) is 11.1 Å². The fourth-order valence-electron chi connectivity index (χ4n) is 3.65. The molecule has 1 radical (unpaired) electrons. The number of benzene rings is 5. The summed E-state index contributed by atoms with van der Waals surface area (Å²) in [6.07, 6.45) is 0. The molecule has 5 rings (SSSR count). The van der Waals surface area contributed by atoms with E-state index >= 15 is 0 Å². The Morgan fingerprint density at radius 2 is 1.11 bits per heavy atom. The van der Waals surface area contributed by atoms with Crippen LogP contribution in [-0.2, 0) is 32.7 Å². The van der Waals surface area contributed by atoms with Crippen molar-refractivity contribution in [3.05, 3.63) is 97.1 Å². The van der Waals surface area contributed by atoms with Crippen LogP contribution in [0.25, 0.3) is 43.4 Å². The van der Waals surface area contributed by atoms with Crippen molar-refractivity contribution in [2.45, 2.75) is 13.8 Å². The predicted octanol–water partition coefficient (Wildman–Crippen LogP) is 7.64. The van der Waals surface area contributed by atoms with E-state index in [-0.39, 0.29) is 32.7 Å². The van der Waals surface area contributed by atoms with Crippen LogP contribution in [0.4, 0.5) is 0 Å². The summed E-state index contributed by atoms with van der Waals surface area (Å²) in [4.78, 5) is 0. The van der Waals surface area contributed by atoms with E-state index < -0.39 is 0 Å². The van der Waals surface area contributed by atoms with Gasteiger partial charge in [-0.25, -0.2) is 0 Å². The van der Waals surface area contributed by atoms with E-state index in [0.29, 0.717) is 0 Å². The molecule has 0 bridgehead atoms. The summed E-state index contributed by atoms with van der Waals surface area (Å²) in [5.41, 5.74) is 2.51. The minimum absolute atomic E-state index is 0. The van der Waals surface area contributed by atoms with Gasteiger partial charge in [0.2, 0.25) is 0 Å². The van der Waals surface area contributed by atoms with Gasteiger partial charge in [-0.1, -0.05) is 86.0 Å². The second-order valence-corrected chi connectivity index (χ2v) is 6.14. The largest absolute Gasteiger partial charge is 0.183 e. The van der Waals surface area contributed by atoms with E-state index in [1.165, 1.54) is 43.4 Å². The molecule has 27 heavy (non-hydrogen) atoms. The van der Waals surface area contributed by atoms with Crippen LogP contribution in [0.1, 0.15) is 13.8 Å². The standard InChI is InChI=1S/C24H15.C2H6.Y/c1-2-8-17(9-3-1)18-14-15-23-21-12-5-4-10-19(21)20-11-6-7-13-22(20)24(23)16-18;1-2;/h1-3,5-16H;1-2H3;/q-1;;. The minimum atomic E-state index is 0. The second-order valence-electron chi connectivity index (χ2n) is 6.14. The molecule has 0 atom stereocenters. The van der Waals surface area contributed by atoms with Gasteiger partial charge in [0.05, 0.1) is 0 Å². The average molecular weight is 422 g/mol. The van der Waals surface area contributed by atoms with Gasteiger partial charge >= 0.3 is 0 Å². The van der Waals surface area contributed by atoms with Crippen molar-refractivity contribution in [1.29, 1.82) is 0 Å². The Labute approximate surface area is 186 Å². The maximum atomic E-state index is 3.23. The summed E-state index contributed by atoms with van der Waals surface area (Å²) >= 11 is 0. The van der Waals surface area contributed by atoms with E-state index in [1.54, 1.807) is 0 Å². The molecule has 0 fully saturated rings. The van der Waals surface area contributed by atoms with Crippen molar-refractivity contribution in [1.82, 2.24) is 0 Å². The molecular formula is C26H21Y-. The maximum absolute atomic E-state index is 3.23. The molecule has 0 aliphatic carbocycles. The van der Waals surface area contributed by atoms with E-state index in [2.05, 4.69) is 91.0 Å². The normalized spacial score (nSPS) is 10.3. The molecule has 0 spiro atoms. The molecule has 0 aliphatic heterocycles. The average Bonchev–Trinajstić information content (AvgIpc) is 2.76. The molecule has 5 aromatic rings. The summed E-state index contributed by atoms with van der Waals surface area (Å²) in [5.74, 6) is 0. The molecule has 0 saturated heterocycles. The first-order valence-corrected chi connectivity index (χ1v) is 9.21. The number of fused-ring (bicyclic) bond motifs is 6. The zero-order chi connectivity index (χ0) is 17.9. The number of rotatable bonds is 1. The van der Waals surface area contributed by atoms with Gasteiger partial charge in [0.1, 0.15) is 0 Å². The Morgan fingerprint density at radius 3 is 1.85 bits per heavy atom. The van der Waals surface area contributed by atoms with E-state index in [9.17, 15) is 0 Å². The molecule has 0 nitrogen and oxygen atoms in total. The van der Waals surface area contributed by atoms with Crippen LogP contribution in [0.2, 0.25) is 0 Å². The maximum Gasteiger partial charge on any atom is 0 e. The Kier molecular flexibility index (Phi) is 6.42. The molecule has 5 aromatic carbocycles. The van der Waals surface area contributed by atoms with Crippen LogP contribution < -0.4 is 0 Å². The summed E-state index contributed by atoms with van der Waals surface area (Å²) in [6.45, 7) is 4.00. The van der Waals surface area contributed by atoms with Crippen LogP contribution in [0, 0.1) is 6.07 Å². The van der Waals surface area contributed by atoms with Crippen LogP contribution >= 0.6 is 0 Å². The molecule has 0 saturated carbocycles. The summed E-state index contributed by atoms with van der Waals surface area (Å²) in [5, 5.41) is 7.78. The first kappa shape index (κ1) is 19.7. The first-order chi connectivity index (χ1) is 12.9. The quantitative estimate of drug-likeness (QED) is 0.192. The molecule has 129 valence electrons. The van der Waals surface area contributed by atoms with Gasteiger partial charge in [0.25, 0.3) is 0 Å². The Hall–Kier alpha value is -2.02. The fraction of sp³-hybridized carbons (Fsp3) is 0.0769. The zero-order valence-corrected chi connectivity index (χ0v) is 18.6. The first-order valence-electron chi connectivity index (χ1n) is 9.21. The van der Waals surface area contributed by atoms with Crippen LogP contribution in [0.5, 0.6) is 0 Å². The zero-order valence-electron chi connectivity index (χ0n) is 15.7. The molecule has 0 aromatic heterocycles. The molecule has 0 heterocycles. The van der Waals surface area contributed by atoms with Crippen molar-refractivity contribution in [2.24, 2.45) is 0 Å². The summed E-state index contributed by atoms with van der Waals surface area (Å²) < 4.78 is 0. The second kappa shape index (κ2) is 8.78. The Balaban J connectivity index is 0.000000680. The molecular weight excluding hydrogens is 401 g/mol. The Morgan fingerprint density at radius 1 is 0.519 bits per heavy atom. The number of hydrogen-bond donors (Lipinski definition) is 0. The van der Waals surface area contributed by atoms with E-state index in [1.807, 2.05) is 19.9 Å². The van der Waals surface area contributed by atoms with Crippen molar-refractivity contribution in [3.63, 3.8) is 0 Å². The monoisotopic (exact) mass is 422 g/mol. The van der Waals surface area contributed by atoms with Crippen molar-refractivity contribution in [2.75, 3.05) is 0 Å². The van der Waals surface area contributed by atoms with E-state index in [4.69, 9.17) is 0 Å². The van der Waals surface area contributed by atoms with E-state index in [0.717, 1.165) is 0 Å². The molecule has 0 unspecified atom stereocenters. The molecule has 0 N–H and O–H groups in total. The van der Waals surface area contributed by atoms with Gasteiger partial charge in [0.15, 0.2) is 0 Å². The van der Waals surface area contributed by atoms with Crippen molar-refractivity contribution >= 4 is 32.3 Å². The third-order valence-electron chi connectivity index (χ3n) is 4.79. The van der Waals surface area contributed by atoms with Gasteiger partial charge in [-0.05, 0) is 33.4 Å². The third kappa shape index (κ3) is 3.57. The third-order valence-corrected chi connectivity index (χ3v) is 4.79. The van der Waals surface area contributed by atoms with Crippen LogP contribution in [-0.4, -0.2) is 0 Å². The van der Waals surface area contributed by atoms with Crippen LogP contribution in [0.3, 0.4) is 0 Å². The summed E-state index contributed by atoms with van der Waals surface area (Å²) in [7, 11) is 0. The smallest absolute Gasteiger partial charge is 0 e.